The molecule has 0 amide bonds. The molecule has 2 nitrogen and oxygen atoms in total. The van der Waals surface area contributed by atoms with Crippen molar-refractivity contribution in [1.82, 2.24) is 0 Å². The van der Waals surface area contributed by atoms with E-state index in [4.69, 9.17) is 10.2 Å². The van der Waals surface area contributed by atoms with E-state index >= 15 is 0 Å². The van der Waals surface area contributed by atoms with Gasteiger partial charge in [0.25, 0.3) is 0 Å². The second-order valence-electron chi connectivity index (χ2n) is 1.52. The summed E-state index contributed by atoms with van der Waals surface area (Å²) in [7, 11) is 0. The summed E-state index contributed by atoms with van der Waals surface area (Å²) in [5, 5.41) is 17.3. The minimum absolute atomic E-state index is 0. The molecule has 0 spiro atoms. The Morgan fingerprint density at radius 2 is 1.11 bits per heavy atom. The normalized spacial score (nSPS) is 8.00. The van der Waals surface area contributed by atoms with E-state index in [1.807, 2.05) is 0 Å². The van der Waals surface area contributed by atoms with Crippen LogP contribution in [0.4, 0.5) is 0 Å². The van der Waals surface area contributed by atoms with Crippen molar-refractivity contribution in [3.8, 4) is 11.5 Å². The third-order valence-electron chi connectivity index (χ3n) is 0.850. The van der Waals surface area contributed by atoms with E-state index in [-0.39, 0.29) is 52.1 Å². The van der Waals surface area contributed by atoms with Gasteiger partial charge >= 0.3 is 37.7 Å². The smallest absolute Gasteiger partial charge is 1.00 e. The van der Waals surface area contributed by atoms with Crippen molar-refractivity contribution in [3.63, 3.8) is 0 Å². The summed E-state index contributed by atoms with van der Waals surface area (Å²) in [6, 6.07) is 5.70. The van der Waals surface area contributed by atoms with Crippen LogP contribution in [0.5, 0.6) is 11.5 Å². The van der Waals surface area contributed by atoms with Crippen LogP contribution < -0.4 is 0 Å². The summed E-state index contributed by atoms with van der Waals surface area (Å²) >= 11 is 0. The van der Waals surface area contributed by atoms with Crippen LogP contribution >= 0.6 is 0 Å². The van der Waals surface area contributed by atoms with Crippen molar-refractivity contribution in [2.24, 2.45) is 0 Å². The molecule has 0 aromatic heterocycles. The molecular formula is C6H8CaO2. The number of hydrogen-bond acceptors (Lipinski definition) is 2. The molecular weight excluding hydrogens is 144 g/mol. The molecule has 0 atom stereocenters. The molecule has 9 heavy (non-hydrogen) atoms. The van der Waals surface area contributed by atoms with Gasteiger partial charge in [0.15, 0.2) is 0 Å². The maximum absolute atomic E-state index is 8.65. The van der Waals surface area contributed by atoms with Crippen LogP contribution in [0.25, 0.3) is 0 Å². The maximum Gasteiger partial charge on any atom is 2.00 e. The first-order valence-electron chi connectivity index (χ1n) is 2.27. The van der Waals surface area contributed by atoms with Gasteiger partial charge in [-0.25, -0.2) is 0 Å². The molecule has 0 heterocycles. The number of benzene rings is 1. The Balaban J connectivity index is -0.000000213. The Hall–Kier alpha value is 0.0797. The fourth-order valence-electron chi connectivity index (χ4n) is 0.453. The number of phenols is 2. The molecule has 1 aromatic carbocycles. The number of aromatic hydroxyl groups is 2. The van der Waals surface area contributed by atoms with E-state index in [1.54, 1.807) is 0 Å². The van der Waals surface area contributed by atoms with Crippen LogP contribution in [-0.4, -0.2) is 48.0 Å². The van der Waals surface area contributed by atoms with Gasteiger partial charge in [0.05, 0.1) is 0 Å². The molecule has 3 heteroatoms. The van der Waals surface area contributed by atoms with Gasteiger partial charge in [-0.1, -0.05) is 0 Å². The Bertz CT molecular complexity index is 157. The van der Waals surface area contributed by atoms with Crippen molar-refractivity contribution >= 4 is 37.7 Å². The minimum atomic E-state index is 0. The first-order chi connectivity index (χ1) is 3.79. The molecule has 0 bridgehead atoms. The molecule has 1 aromatic rings. The van der Waals surface area contributed by atoms with Crippen molar-refractivity contribution < 1.29 is 13.1 Å². The van der Waals surface area contributed by atoms with Crippen LogP contribution in [0.2, 0.25) is 0 Å². The zero-order chi connectivity index (χ0) is 5.98. The van der Waals surface area contributed by atoms with Crippen molar-refractivity contribution in [1.29, 1.82) is 0 Å². The number of phenolic OH excluding ortho intramolecular Hbond substituents is 2. The van der Waals surface area contributed by atoms with Gasteiger partial charge in [0, 0.05) is 0 Å². The summed E-state index contributed by atoms with van der Waals surface area (Å²) in [4.78, 5) is 0. The molecule has 0 saturated carbocycles. The van der Waals surface area contributed by atoms with E-state index in [0.29, 0.717) is 0 Å². The van der Waals surface area contributed by atoms with E-state index < -0.39 is 0 Å². The quantitative estimate of drug-likeness (QED) is 0.429. The van der Waals surface area contributed by atoms with Gasteiger partial charge in [0.2, 0.25) is 0 Å². The van der Waals surface area contributed by atoms with Crippen molar-refractivity contribution in [2.45, 2.75) is 0 Å². The van der Waals surface area contributed by atoms with Crippen LogP contribution in [0, 0.1) is 0 Å². The van der Waals surface area contributed by atoms with Crippen LogP contribution in [0.1, 0.15) is 2.85 Å². The van der Waals surface area contributed by atoms with Gasteiger partial charge in [-0.2, -0.15) is 0 Å². The summed E-state index contributed by atoms with van der Waals surface area (Å²) in [6.07, 6.45) is 0. The van der Waals surface area contributed by atoms with E-state index in [9.17, 15) is 0 Å². The average molecular weight is 152 g/mol. The molecule has 2 N–H and O–H groups in total. The SMILES string of the molecule is Oc1ccc(O)cc1.[Ca+2].[H-].[H-]. The minimum Gasteiger partial charge on any atom is -1.00 e. The molecule has 0 aliphatic carbocycles. The van der Waals surface area contributed by atoms with Crippen LogP contribution in [-0.2, 0) is 0 Å². The fourth-order valence-corrected chi connectivity index (χ4v) is 0.453. The average Bonchev–Trinajstić information content (AvgIpc) is 1.77. The predicted octanol–water partition coefficient (Wildman–Crippen LogP) is 0.942. The van der Waals surface area contributed by atoms with Gasteiger partial charge in [-0.15, -0.1) is 0 Å². The molecule has 46 valence electrons. The van der Waals surface area contributed by atoms with E-state index in [1.165, 1.54) is 24.3 Å². The maximum atomic E-state index is 8.65. The Labute approximate surface area is 86.1 Å². The first-order valence-corrected chi connectivity index (χ1v) is 2.27. The van der Waals surface area contributed by atoms with Gasteiger partial charge in [-0.05, 0) is 24.3 Å². The third-order valence-corrected chi connectivity index (χ3v) is 0.850. The topological polar surface area (TPSA) is 40.5 Å². The van der Waals surface area contributed by atoms with Gasteiger partial charge < -0.3 is 13.1 Å². The monoisotopic (exact) mass is 152 g/mol. The molecule has 1 rings (SSSR count). The Morgan fingerprint density at radius 1 is 0.889 bits per heavy atom. The molecule has 0 aliphatic heterocycles. The zero-order valence-corrected chi connectivity index (χ0v) is 7.12. The molecule has 0 radical (unpaired) electrons. The number of hydrogen-bond donors (Lipinski definition) is 2. The van der Waals surface area contributed by atoms with Crippen LogP contribution in [0.3, 0.4) is 0 Å². The largest absolute Gasteiger partial charge is 2.00 e. The predicted molar refractivity (Wildman–Crippen MR) is 37.7 cm³/mol. The van der Waals surface area contributed by atoms with Gasteiger partial charge in [0.1, 0.15) is 11.5 Å². The van der Waals surface area contributed by atoms with E-state index in [2.05, 4.69) is 0 Å². The summed E-state index contributed by atoms with van der Waals surface area (Å²) in [6.45, 7) is 0. The molecule has 0 saturated heterocycles. The summed E-state index contributed by atoms with van der Waals surface area (Å²) < 4.78 is 0. The van der Waals surface area contributed by atoms with Gasteiger partial charge in [-0.3, -0.25) is 0 Å². The second-order valence-corrected chi connectivity index (χ2v) is 1.52. The number of rotatable bonds is 0. The Kier molecular flexibility index (Phi) is 4.02. The zero-order valence-electron chi connectivity index (χ0n) is 6.91. The third kappa shape index (κ3) is 2.94. The molecule has 0 unspecified atom stereocenters. The second kappa shape index (κ2) is 3.99. The standard InChI is InChI=1S/C6H6O2.Ca.2H/c7-5-1-2-6(8)4-3-5;;;/h1-4,7-8H;;;/q;+2;2*-1. The fraction of sp³-hybridized carbons (Fsp3) is 0. The Morgan fingerprint density at radius 3 is 1.33 bits per heavy atom. The summed E-state index contributed by atoms with van der Waals surface area (Å²) in [5.41, 5.74) is 0. The molecule has 0 fully saturated rings. The van der Waals surface area contributed by atoms with Crippen molar-refractivity contribution in [3.05, 3.63) is 24.3 Å². The molecule has 0 aliphatic rings. The summed E-state index contributed by atoms with van der Waals surface area (Å²) in [5.74, 6) is 0.339. The van der Waals surface area contributed by atoms with Crippen molar-refractivity contribution in [2.75, 3.05) is 0 Å². The first kappa shape index (κ1) is 9.08. The van der Waals surface area contributed by atoms with E-state index in [0.717, 1.165) is 0 Å². The van der Waals surface area contributed by atoms with Crippen LogP contribution in [0.15, 0.2) is 24.3 Å².